The summed E-state index contributed by atoms with van der Waals surface area (Å²) in [6.45, 7) is 6.50. The van der Waals surface area contributed by atoms with Gasteiger partial charge in [-0.3, -0.25) is 4.68 Å². The van der Waals surface area contributed by atoms with Crippen molar-refractivity contribution in [3.8, 4) is 17.0 Å². The summed E-state index contributed by atoms with van der Waals surface area (Å²) in [4.78, 5) is 4.54. The molecule has 0 aliphatic heterocycles. The lowest BCUT2D eigenvalue weighted by molar-refractivity contribution is 0.386. The number of pyridine rings is 1. The Balaban J connectivity index is 1.98. The molecule has 2 aromatic heterocycles. The van der Waals surface area contributed by atoms with E-state index in [-0.39, 0.29) is 0 Å². The molecule has 1 saturated carbocycles. The lowest BCUT2D eigenvalue weighted by Crippen LogP contribution is -2.05. The van der Waals surface area contributed by atoms with Gasteiger partial charge >= 0.3 is 0 Å². The van der Waals surface area contributed by atoms with E-state index in [2.05, 4.69) is 36.9 Å². The van der Waals surface area contributed by atoms with Gasteiger partial charge in [0.25, 0.3) is 0 Å². The minimum atomic E-state index is 0.696. The number of ether oxygens (including phenoxy) is 1. The zero-order chi connectivity index (χ0) is 15.9. The maximum Gasteiger partial charge on any atom is 0.216 e. The van der Waals surface area contributed by atoms with Crippen LogP contribution >= 0.6 is 0 Å². The smallest absolute Gasteiger partial charge is 0.216 e. The van der Waals surface area contributed by atoms with Crippen molar-refractivity contribution in [1.82, 2.24) is 14.8 Å². The molecule has 1 aliphatic carbocycles. The number of aromatic nitrogens is 3. The van der Waals surface area contributed by atoms with Gasteiger partial charge in [-0.05, 0) is 51.0 Å². The highest BCUT2D eigenvalue weighted by Gasteiger charge is 2.28. The van der Waals surface area contributed by atoms with Gasteiger partial charge in [0, 0.05) is 35.6 Å². The summed E-state index contributed by atoms with van der Waals surface area (Å²) in [6, 6.07) is 2.24. The predicted molar refractivity (Wildman–Crippen MR) is 88.1 cm³/mol. The van der Waals surface area contributed by atoms with Gasteiger partial charge in [0.15, 0.2) is 0 Å². The third-order valence-electron chi connectivity index (χ3n) is 4.88. The van der Waals surface area contributed by atoms with Gasteiger partial charge in [-0.1, -0.05) is 6.92 Å². The van der Waals surface area contributed by atoms with Crippen molar-refractivity contribution in [1.29, 1.82) is 0 Å². The number of hydrogen-bond donors (Lipinski definition) is 0. The molecule has 0 saturated heterocycles. The van der Waals surface area contributed by atoms with E-state index in [0.717, 1.165) is 29.5 Å². The average Bonchev–Trinajstić information content (AvgIpc) is 3.28. The summed E-state index contributed by atoms with van der Waals surface area (Å²) in [6.07, 6.45) is 5.68. The largest absolute Gasteiger partial charge is 0.481 e. The van der Waals surface area contributed by atoms with Crippen LogP contribution in [0.2, 0.25) is 0 Å². The SMILES string of the molecule is COc1ncc(-c2c(C)nn(C)c2C)cc1CC(C)C1CC1. The molecule has 0 bridgehead atoms. The highest BCUT2D eigenvalue weighted by atomic mass is 16.5. The first kappa shape index (κ1) is 15.1. The molecular formula is C18H25N3O. The van der Waals surface area contributed by atoms with Crippen LogP contribution in [-0.2, 0) is 13.5 Å². The molecule has 22 heavy (non-hydrogen) atoms. The molecular weight excluding hydrogens is 274 g/mol. The van der Waals surface area contributed by atoms with Crippen molar-refractivity contribution >= 4 is 0 Å². The lowest BCUT2D eigenvalue weighted by atomic mass is 9.95. The van der Waals surface area contributed by atoms with Crippen molar-refractivity contribution in [3.05, 3.63) is 29.2 Å². The van der Waals surface area contributed by atoms with Crippen LogP contribution in [0.1, 0.15) is 36.7 Å². The topological polar surface area (TPSA) is 39.9 Å². The Bertz CT molecular complexity index is 686. The molecule has 0 radical (unpaired) electrons. The first-order chi connectivity index (χ1) is 10.5. The van der Waals surface area contributed by atoms with Gasteiger partial charge in [0.2, 0.25) is 5.88 Å². The second-order valence-corrected chi connectivity index (χ2v) is 6.58. The van der Waals surface area contributed by atoms with Crippen LogP contribution in [0.3, 0.4) is 0 Å². The number of rotatable bonds is 5. The Hall–Kier alpha value is -1.84. The van der Waals surface area contributed by atoms with Crippen LogP contribution in [0.5, 0.6) is 5.88 Å². The van der Waals surface area contributed by atoms with Gasteiger partial charge in [0.1, 0.15) is 0 Å². The quantitative estimate of drug-likeness (QED) is 0.845. The molecule has 4 nitrogen and oxygen atoms in total. The molecule has 1 atom stereocenters. The maximum absolute atomic E-state index is 5.47. The molecule has 0 spiro atoms. The monoisotopic (exact) mass is 299 g/mol. The standard InChI is InChI=1S/C18H25N3O/c1-11(14-6-7-14)8-15-9-16(10-19-18(15)22-5)17-12(2)20-21(4)13(17)3/h9-11,14H,6-8H2,1-5H3. The molecule has 0 N–H and O–H groups in total. The van der Waals surface area contributed by atoms with Gasteiger partial charge in [-0.2, -0.15) is 5.10 Å². The highest BCUT2D eigenvalue weighted by Crippen LogP contribution is 2.39. The molecule has 1 fully saturated rings. The van der Waals surface area contributed by atoms with E-state index >= 15 is 0 Å². The van der Waals surface area contributed by atoms with E-state index in [1.807, 2.05) is 17.9 Å². The fourth-order valence-electron chi connectivity index (χ4n) is 3.33. The third-order valence-corrected chi connectivity index (χ3v) is 4.88. The van der Waals surface area contributed by atoms with E-state index in [4.69, 9.17) is 4.74 Å². The van der Waals surface area contributed by atoms with E-state index in [9.17, 15) is 0 Å². The summed E-state index contributed by atoms with van der Waals surface area (Å²) in [5.41, 5.74) is 5.76. The minimum Gasteiger partial charge on any atom is -0.481 e. The number of hydrogen-bond acceptors (Lipinski definition) is 3. The Morgan fingerprint density at radius 1 is 1.36 bits per heavy atom. The highest BCUT2D eigenvalue weighted by molar-refractivity contribution is 5.68. The lowest BCUT2D eigenvalue weighted by Gasteiger charge is -2.14. The molecule has 2 aromatic rings. The summed E-state index contributed by atoms with van der Waals surface area (Å²) < 4.78 is 7.40. The summed E-state index contributed by atoms with van der Waals surface area (Å²) in [5, 5.41) is 4.52. The molecule has 0 aromatic carbocycles. The second kappa shape index (κ2) is 5.75. The van der Waals surface area contributed by atoms with Crippen molar-refractivity contribution < 1.29 is 4.74 Å². The van der Waals surface area contributed by atoms with Crippen molar-refractivity contribution in [2.24, 2.45) is 18.9 Å². The fraction of sp³-hybridized carbons (Fsp3) is 0.556. The first-order valence-corrected chi connectivity index (χ1v) is 8.04. The fourth-order valence-corrected chi connectivity index (χ4v) is 3.33. The molecule has 4 heteroatoms. The van der Waals surface area contributed by atoms with Crippen molar-refractivity contribution in [3.63, 3.8) is 0 Å². The summed E-state index contributed by atoms with van der Waals surface area (Å²) in [7, 11) is 3.69. The molecule has 0 amide bonds. The molecule has 118 valence electrons. The Labute approximate surface area is 132 Å². The van der Waals surface area contributed by atoms with Crippen LogP contribution in [-0.4, -0.2) is 21.9 Å². The zero-order valence-electron chi connectivity index (χ0n) is 14.2. The van der Waals surface area contributed by atoms with Gasteiger partial charge in [-0.15, -0.1) is 0 Å². The van der Waals surface area contributed by atoms with E-state index in [1.54, 1.807) is 7.11 Å². The first-order valence-electron chi connectivity index (χ1n) is 8.04. The summed E-state index contributed by atoms with van der Waals surface area (Å²) in [5.74, 6) is 2.34. The van der Waals surface area contributed by atoms with Gasteiger partial charge in [0.05, 0.1) is 12.8 Å². The normalized spacial score (nSPS) is 15.9. The van der Waals surface area contributed by atoms with Crippen molar-refractivity contribution in [2.75, 3.05) is 7.11 Å². The average molecular weight is 299 g/mol. The van der Waals surface area contributed by atoms with E-state index < -0.39 is 0 Å². The van der Waals surface area contributed by atoms with Gasteiger partial charge in [-0.25, -0.2) is 4.98 Å². The third kappa shape index (κ3) is 2.74. The Morgan fingerprint density at radius 2 is 2.09 bits per heavy atom. The van der Waals surface area contributed by atoms with Crippen molar-refractivity contribution in [2.45, 2.75) is 40.0 Å². The summed E-state index contributed by atoms with van der Waals surface area (Å²) >= 11 is 0. The van der Waals surface area contributed by atoms with Crippen LogP contribution in [0.25, 0.3) is 11.1 Å². The minimum absolute atomic E-state index is 0.696. The maximum atomic E-state index is 5.47. The molecule has 3 rings (SSSR count). The molecule has 1 aliphatic rings. The van der Waals surface area contributed by atoms with Crippen LogP contribution < -0.4 is 4.74 Å². The van der Waals surface area contributed by atoms with Crippen LogP contribution in [0, 0.1) is 25.7 Å². The Morgan fingerprint density at radius 3 is 2.64 bits per heavy atom. The van der Waals surface area contributed by atoms with Gasteiger partial charge < -0.3 is 4.74 Å². The number of nitrogens with zero attached hydrogens (tertiary/aromatic N) is 3. The number of aryl methyl sites for hydroxylation is 2. The van der Waals surface area contributed by atoms with Crippen LogP contribution in [0.4, 0.5) is 0 Å². The molecule has 1 unspecified atom stereocenters. The van der Waals surface area contributed by atoms with Crippen LogP contribution in [0.15, 0.2) is 12.3 Å². The second-order valence-electron chi connectivity index (χ2n) is 6.58. The predicted octanol–water partition coefficient (Wildman–Crippen LogP) is 3.70. The number of methoxy groups -OCH3 is 1. The molecule has 2 heterocycles. The Kier molecular flexibility index (Phi) is 3.94. The van der Waals surface area contributed by atoms with E-state index in [0.29, 0.717) is 5.92 Å². The zero-order valence-corrected chi connectivity index (χ0v) is 14.2. The van der Waals surface area contributed by atoms with E-state index in [1.165, 1.54) is 29.7 Å².